The van der Waals surface area contributed by atoms with Crippen molar-refractivity contribution in [2.45, 2.75) is 42.9 Å². The highest BCUT2D eigenvalue weighted by Crippen LogP contribution is 2.35. The van der Waals surface area contributed by atoms with Crippen LogP contribution in [0.4, 0.5) is 9.52 Å². The average molecular weight is 455 g/mol. The van der Waals surface area contributed by atoms with Gasteiger partial charge in [0.15, 0.2) is 0 Å². The minimum atomic E-state index is -4.06. The summed E-state index contributed by atoms with van der Waals surface area (Å²) in [5.74, 6) is -1.08. The summed E-state index contributed by atoms with van der Waals surface area (Å²) in [5.41, 5.74) is 0.0395. The molecule has 1 saturated carbocycles. The number of hydrogen-bond donors (Lipinski definition) is 1. The summed E-state index contributed by atoms with van der Waals surface area (Å²) in [4.78, 5) is 12.1. The van der Waals surface area contributed by atoms with Gasteiger partial charge in [-0.1, -0.05) is 30.6 Å². The Bertz CT molecular complexity index is 1020. The zero-order valence-corrected chi connectivity index (χ0v) is 18.0. The van der Waals surface area contributed by atoms with Gasteiger partial charge < -0.3 is 4.74 Å². The summed E-state index contributed by atoms with van der Waals surface area (Å²) in [6.45, 7) is 0.794. The third-order valence-corrected chi connectivity index (χ3v) is 8.31. The second-order valence-electron chi connectivity index (χ2n) is 7.40. The van der Waals surface area contributed by atoms with Crippen LogP contribution in [0.1, 0.15) is 53.4 Å². The van der Waals surface area contributed by atoms with Crippen LogP contribution < -0.4 is 5.32 Å². The first-order valence-electron chi connectivity index (χ1n) is 9.97. The predicted octanol–water partition coefficient (Wildman–Crippen LogP) is 3.00. The van der Waals surface area contributed by atoms with Crippen LogP contribution in [0, 0.1) is 5.82 Å². The first-order chi connectivity index (χ1) is 14.4. The molecule has 4 rings (SSSR count). The van der Waals surface area contributed by atoms with Gasteiger partial charge in [-0.2, -0.15) is 4.31 Å². The van der Waals surface area contributed by atoms with Crippen LogP contribution in [0.3, 0.4) is 0 Å². The molecule has 1 amide bonds. The average Bonchev–Trinajstić information content (AvgIpc) is 3.23. The molecule has 2 aliphatic rings. The molecule has 0 unspecified atom stereocenters. The maximum absolute atomic E-state index is 14.3. The van der Waals surface area contributed by atoms with Crippen LogP contribution in [-0.2, 0) is 14.8 Å². The van der Waals surface area contributed by atoms with E-state index in [4.69, 9.17) is 4.74 Å². The number of benzene rings is 1. The van der Waals surface area contributed by atoms with Gasteiger partial charge in [0.05, 0.1) is 13.2 Å². The van der Waals surface area contributed by atoms with Crippen molar-refractivity contribution >= 4 is 32.4 Å². The molecular weight excluding hydrogens is 431 g/mol. The van der Waals surface area contributed by atoms with Gasteiger partial charge in [-0.25, -0.2) is 12.8 Å². The fourth-order valence-corrected chi connectivity index (χ4v) is 6.14. The molecule has 1 aliphatic carbocycles. The summed E-state index contributed by atoms with van der Waals surface area (Å²) in [7, 11) is -4.06. The number of aromatic nitrogens is 2. The molecular formula is C19H23FN4O4S2. The van der Waals surface area contributed by atoms with Gasteiger partial charge >= 0.3 is 0 Å². The minimum Gasteiger partial charge on any atom is -0.379 e. The highest BCUT2D eigenvalue weighted by molar-refractivity contribution is 7.89. The Hall–Kier alpha value is -1.95. The van der Waals surface area contributed by atoms with Crippen LogP contribution in [0.2, 0.25) is 0 Å². The van der Waals surface area contributed by atoms with Crippen molar-refractivity contribution in [1.29, 1.82) is 0 Å². The smallest absolute Gasteiger partial charge is 0.257 e. The fraction of sp³-hybridized carbons (Fsp3) is 0.526. The molecule has 11 heteroatoms. The van der Waals surface area contributed by atoms with Crippen molar-refractivity contribution in [1.82, 2.24) is 14.5 Å². The van der Waals surface area contributed by atoms with Gasteiger partial charge in [0.2, 0.25) is 15.2 Å². The van der Waals surface area contributed by atoms with E-state index in [9.17, 15) is 17.6 Å². The molecule has 0 atom stereocenters. The van der Waals surface area contributed by atoms with Gasteiger partial charge in [-0.15, -0.1) is 10.2 Å². The van der Waals surface area contributed by atoms with E-state index in [0.29, 0.717) is 11.0 Å². The number of hydrogen-bond acceptors (Lipinski definition) is 7. The maximum atomic E-state index is 14.3. The van der Waals surface area contributed by atoms with E-state index in [2.05, 4.69) is 15.5 Å². The van der Waals surface area contributed by atoms with Crippen LogP contribution in [0.5, 0.6) is 0 Å². The Morgan fingerprint density at radius 2 is 1.90 bits per heavy atom. The van der Waals surface area contributed by atoms with Gasteiger partial charge in [-0.05, 0) is 31.0 Å². The standard InChI is InChI=1S/C19H23FN4O4S2/c20-15-7-6-14(12-16(15)30(26,27)24-8-10-28-11-9-24)17(25)21-19-23-22-18(29-19)13-4-2-1-3-5-13/h6-7,12-13H,1-5,8-11H2,(H,21,23,25). The number of rotatable bonds is 5. The number of amides is 1. The molecule has 1 aromatic heterocycles. The molecule has 8 nitrogen and oxygen atoms in total. The van der Waals surface area contributed by atoms with E-state index in [0.717, 1.165) is 34.3 Å². The largest absolute Gasteiger partial charge is 0.379 e. The van der Waals surface area contributed by atoms with Gasteiger partial charge in [0.25, 0.3) is 5.91 Å². The lowest BCUT2D eigenvalue weighted by Gasteiger charge is -2.26. The summed E-state index contributed by atoms with van der Waals surface area (Å²) in [6, 6.07) is 3.32. The van der Waals surface area contributed by atoms with E-state index < -0.39 is 26.6 Å². The molecule has 2 heterocycles. The quantitative estimate of drug-likeness (QED) is 0.745. The number of anilines is 1. The molecule has 30 heavy (non-hydrogen) atoms. The lowest BCUT2D eigenvalue weighted by molar-refractivity contribution is 0.0729. The molecule has 2 aromatic rings. The minimum absolute atomic E-state index is 0.0395. The van der Waals surface area contributed by atoms with Gasteiger partial charge in [0.1, 0.15) is 15.7 Å². The van der Waals surface area contributed by atoms with E-state index >= 15 is 0 Å². The van der Waals surface area contributed by atoms with Crippen LogP contribution in [0.25, 0.3) is 0 Å². The SMILES string of the molecule is O=C(Nc1nnc(C2CCCCC2)s1)c1ccc(F)c(S(=O)(=O)N2CCOCC2)c1. The molecule has 2 fully saturated rings. The lowest BCUT2D eigenvalue weighted by Crippen LogP contribution is -2.41. The third-order valence-electron chi connectivity index (χ3n) is 5.40. The summed E-state index contributed by atoms with van der Waals surface area (Å²) in [5, 5.41) is 12.1. The second kappa shape index (κ2) is 9.04. The number of sulfonamides is 1. The fourth-order valence-electron chi connectivity index (χ4n) is 3.74. The Labute approximate surface area is 178 Å². The molecule has 0 radical (unpaired) electrons. The molecule has 1 aliphatic heterocycles. The lowest BCUT2D eigenvalue weighted by atomic mass is 9.90. The Kier molecular flexibility index (Phi) is 6.42. The van der Waals surface area contributed by atoms with Crippen molar-refractivity contribution in [2.75, 3.05) is 31.6 Å². The predicted molar refractivity (Wildman–Crippen MR) is 110 cm³/mol. The Balaban J connectivity index is 1.51. The van der Waals surface area contributed by atoms with Crippen LogP contribution in [0.15, 0.2) is 23.1 Å². The van der Waals surface area contributed by atoms with Crippen molar-refractivity contribution in [2.24, 2.45) is 0 Å². The highest BCUT2D eigenvalue weighted by Gasteiger charge is 2.30. The first-order valence-corrected chi connectivity index (χ1v) is 12.2. The first kappa shape index (κ1) is 21.3. The molecule has 1 N–H and O–H groups in total. The highest BCUT2D eigenvalue weighted by atomic mass is 32.2. The van der Waals surface area contributed by atoms with Crippen LogP contribution >= 0.6 is 11.3 Å². The van der Waals surface area contributed by atoms with Crippen molar-refractivity contribution in [3.63, 3.8) is 0 Å². The molecule has 0 spiro atoms. The summed E-state index contributed by atoms with van der Waals surface area (Å²) >= 11 is 1.33. The zero-order valence-electron chi connectivity index (χ0n) is 16.3. The molecule has 0 bridgehead atoms. The zero-order chi connectivity index (χ0) is 21.1. The second-order valence-corrected chi connectivity index (χ2v) is 10.3. The van der Waals surface area contributed by atoms with Crippen LogP contribution in [-0.4, -0.2) is 55.1 Å². The van der Waals surface area contributed by atoms with Crippen molar-refractivity contribution < 1.29 is 22.3 Å². The number of carbonyl (C=O) groups excluding carboxylic acids is 1. The van der Waals surface area contributed by atoms with E-state index in [1.54, 1.807) is 0 Å². The van der Waals surface area contributed by atoms with Crippen molar-refractivity contribution in [3.8, 4) is 0 Å². The normalized spacial score (nSPS) is 19.0. The molecule has 1 saturated heterocycles. The molecule has 1 aromatic carbocycles. The van der Waals surface area contributed by atoms with E-state index in [1.807, 2.05) is 0 Å². The van der Waals surface area contributed by atoms with Crippen molar-refractivity contribution in [3.05, 3.63) is 34.6 Å². The van der Waals surface area contributed by atoms with Gasteiger partial charge in [0, 0.05) is 24.6 Å². The number of ether oxygens (including phenoxy) is 1. The number of morpholine rings is 1. The van der Waals surface area contributed by atoms with E-state index in [-0.39, 0.29) is 31.9 Å². The molecule has 162 valence electrons. The maximum Gasteiger partial charge on any atom is 0.257 e. The summed E-state index contributed by atoms with van der Waals surface area (Å²) in [6.07, 6.45) is 5.72. The number of halogens is 1. The topological polar surface area (TPSA) is 101 Å². The number of nitrogens with zero attached hydrogens (tertiary/aromatic N) is 3. The summed E-state index contributed by atoms with van der Waals surface area (Å²) < 4.78 is 46.3. The Morgan fingerprint density at radius 3 is 2.63 bits per heavy atom. The number of carbonyl (C=O) groups is 1. The third kappa shape index (κ3) is 4.53. The number of nitrogens with one attached hydrogen (secondary N) is 1. The monoisotopic (exact) mass is 454 g/mol. The van der Waals surface area contributed by atoms with E-state index in [1.165, 1.54) is 36.7 Å². The van der Waals surface area contributed by atoms with Gasteiger partial charge in [-0.3, -0.25) is 10.1 Å². The Morgan fingerprint density at radius 1 is 1.17 bits per heavy atom.